The van der Waals surface area contributed by atoms with Crippen LogP contribution in [0.25, 0.3) is 0 Å². The minimum Gasteiger partial charge on any atom is -0.348 e. The molecule has 0 aromatic heterocycles. The Morgan fingerprint density at radius 3 is 1.77 bits per heavy atom. The number of rotatable bonds is 0. The Morgan fingerprint density at radius 1 is 1.08 bits per heavy atom. The normalized spacial score (nSPS) is 25.4. The first-order chi connectivity index (χ1) is 5.72. The molecule has 1 aliphatic rings. The van der Waals surface area contributed by atoms with Crippen molar-refractivity contribution < 1.29 is 33.8 Å². The Morgan fingerprint density at radius 2 is 1.46 bits per heavy atom. The number of nitrogens with zero attached hydrogens (tertiary/aromatic N) is 1. The topological polar surface area (TPSA) is 142 Å². The summed E-state index contributed by atoms with van der Waals surface area (Å²) in [4.78, 5) is 10.2. The maximum atomic E-state index is 10.4. The van der Waals surface area contributed by atoms with E-state index in [-0.39, 0.29) is 0 Å². The zero-order valence-electron chi connectivity index (χ0n) is 5.61. The van der Waals surface area contributed by atoms with Crippen molar-refractivity contribution in [3.63, 3.8) is 0 Å². The number of amides is 2. The van der Waals surface area contributed by atoms with Gasteiger partial charge in [0.25, 0.3) is 0 Å². The molecule has 76 valence electrons. The third-order valence-electron chi connectivity index (χ3n) is 0.665. The summed E-state index contributed by atoms with van der Waals surface area (Å²) in [6, 6.07) is -1.57. The van der Waals surface area contributed by atoms with Gasteiger partial charge in [0, 0.05) is 0 Å². The number of nitrogens with two attached hydrogens (primary N) is 1. The van der Waals surface area contributed by atoms with E-state index in [4.69, 9.17) is 0 Å². The predicted molar refractivity (Wildman–Crippen MR) is 32.5 cm³/mol. The molecule has 0 atom stereocenters. The molecule has 13 heavy (non-hydrogen) atoms. The molecule has 0 spiro atoms. The van der Waals surface area contributed by atoms with E-state index in [9.17, 15) is 21.6 Å². The SMILES string of the molecule is NC(=O)N1OS(=O)(=O)OS(=O)(=O)O1. The van der Waals surface area contributed by atoms with Crippen molar-refractivity contribution in [1.29, 1.82) is 0 Å². The molecule has 2 amide bonds. The van der Waals surface area contributed by atoms with E-state index in [1.807, 2.05) is 0 Å². The van der Waals surface area contributed by atoms with Crippen LogP contribution in [0.5, 0.6) is 0 Å². The lowest BCUT2D eigenvalue weighted by Gasteiger charge is -2.19. The molecular weight excluding hydrogens is 232 g/mol. The van der Waals surface area contributed by atoms with Gasteiger partial charge in [-0.1, -0.05) is 12.2 Å². The number of primary amides is 1. The summed E-state index contributed by atoms with van der Waals surface area (Å²) in [5, 5.41) is -0.547. The molecule has 12 heteroatoms. The summed E-state index contributed by atoms with van der Waals surface area (Å²) in [6.07, 6.45) is 0. The number of hydrogen-bond donors (Lipinski definition) is 1. The van der Waals surface area contributed by atoms with E-state index in [1.54, 1.807) is 0 Å². The maximum Gasteiger partial charge on any atom is 0.439 e. The monoisotopic (exact) mass is 234 g/mol. The molecule has 1 rings (SSSR count). The van der Waals surface area contributed by atoms with E-state index in [0.29, 0.717) is 0 Å². The number of urea groups is 1. The van der Waals surface area contributed by atoms with Crippen molar-refractivity contribution in [2.45, 2.75) is 0 Å². The summed E-state index contributed by atoms with van der Waals surface area (Å²) in [7, 11) is -9.74. The van der Waals surface area contributed by atoms with Gasteiger partial charge in [0.2, 0.25) is 0 Å². The van der Waals surface area contributed by atoms with Crippen LogP contribution in [0, 0.1) is 0 Å². The lowest BCUT2D eigenvalue weighted by molar-refractivity contribution is -0.218. The smallest absolute Gasteiger partial charge is 0.348 e. The first kappa shape index (κ1) is 10.1. The first-order valence-corrected chi connectivity index (χ1v) is 5.08. The van der Waals surface area contributed by atoms with Crippen LogP contribution in [-0.4, -0.2) is 28.1 Å². The van der Waals surface area contributed by atoms with Gasteiger partial charge in [-0.25, -0.2) is 4.79 Å². The van der Waals surface area contributed by atoms with Gasteiger partial charge in [-0.2, -0.15) is 16.8 Å². The standard InChI is InChI=1S/CH2N2O8S2/c2-1(4)3-9-12(5,6)11-13(7,8)10-3/h(H2,2,4). The summed E-state index contributed by atoms with van der Waals surface area (Å²) in [6.45, 7) is 0. The molecule has 0 aliphatic carbocycles. The molecule has 0 radical (unpaired) electrons. The summed E-state index contributed by atoms with van der Waals surface area (Å²) >= 11 is 0. The van der Waals surface area contributed by atoms with Crippen molar-refractivity contribution in [3.8, 4) is 0 Å². The van der Waals surface area contributed by atoms with E-state index in [2.05, 4.69) is 17.9 Å². The van der Waals surface area contributed by atoms with Crippen LogP contribution in [0.3, 0.4) is 0 Å². The lowest BCUT2D eigenvalue weighted by Crippen LogP contribution is -2.44. The number of hydroxylamine groups is 2. The average Bonchev–Trinajstić information content (AvgIpc) is 1.79. The zero-order valence-corrected chi connectivity index (χ0v) is 7.24. The Hall–Kier alpha value is -0.950. The third-order valence-corrected chi connectivity index (χ3v) is 2.63. The van der Waals surface area contributed by atoms with Crippen LogP contribution in [-0.2, 0) is 33.0 Å². The van der Waals surface area contributed by atoms with Crippen LogP contribution < -0.4 is 5.73 Å². The van der Waals surface area contributed by atoms with Gasteiger partial charge in [-0.3, -0.25) is 0 Å². The lowest BCUT2D eigenvalue weighted by atomic mass is 11.1. The Labute approximate surface area is 72.3 Å². The summed E-state index contributed by atoms with van der Waals surface area (Å²) in [5.74, 6) is 0. The van der Waals surface area contributed by atoms with E-state index in [0.717, 1.165) is 0 Å². The molecule has 0 unspecified atom stereocenters. The highest BCUT2D eigenvalue weighted by Gasteiger charge is 2.39. The summed E-state index contributed by atoms with van der Waals surface area (Å²) < 4.78 is 52.2. The molecule has 1 heterocycles. The quantitative estimate of drug-likeness (QED) is 0.495. The highest BCUT2D eigenvalue weighted by Crippen LogP contribution is 2.16. The maximum absolute atomic E-state index is 10.4. The van der Waals surface area contributed by atoms with Gasteiger partial charge in [-0.15, -0.1) is 0 Å². The fraction of sp³-hybridized carbons (Fsp3) is 0. The van der Waals surface area contributed by atoms with Gasteiger partial charge in [0.15, 0.2) is 0 Å². The second-order valence-electron chi connectivity index (χ2n) is 1.63. The molecule has 0 aromatic carbocycles. The Kier molecular flexibility index (Phi) is 2.16. The minimum absolute atomic E-state index is 0.547. The zero-order chi connectivity index (χ0) is 10.3. The molecule has 0 saturated carbocycles. The minimum atomic E-state index is -4.87. The van der Waals surface area contributed by atoms with E-state index in [1.165, 1.54) is 0 Å². The van der Waals surface area contributed by atoms with Crippen LogP contribution in [0.4, 0.5) is 4.79 Å². The molecule has 0 aromatic rings. The largest absolute Gasteiger partial charge is 0.439 e. The molecule has 2 N–H and O–H groups in total. The third kappa shape index (κ3) is 2.49. The fourth-order valence-corrected chi connectivity index (χ4v) is 1.97. The van der Waals surface area contributed by atoms with Crippen LogP contribution in [0.15, 0.2) is 0 Å². The predicted octanol–water partition coefficient (Wildman–Crippen LogP) is -2.25. The Bertz CT molecular complexity index is 383. The molecule has 1 fully saturated rings. The van der Waals surface area contributed by atoms with E-state index >= 15 is 0 Å². The molecule has 0 bridgehead atoms. The van der Waals surface area contributed by atoms with Crippen molar-refractivity contribution in [1.82, 2.24) is 5.23 Å². The molecule has 10 nitrogen and oxygen atoms in total. The van der Waals surface area contributed by atoms with Crippen molar-refractivity contribution in [2.75, 3.05) is 0 Å². The second-order valence-corrected chi connectivity index (χ2v) is 4.10. The van der Waals surface area contributed by atoms with E-state index < -0.39 is 32.1 Å². The number of carbonyl (C=O) groups excluding carboxylic acids is 1. The molecule has 1 saturated heterocycles. The van der Waals surface area contributed by atoms with Crippen molar-refractivity contribution in [3.05, 3.63) is 0 Å². The van der Waals surface area contributed by atoms with Gasteiger partial charge < -0.3 is 5.73 Å². The van der Waals surface area contributed by atoms with Crippen LogP contribution in [0.1, 0.15) is 0 Å². The van der Waals surface area contributed by atoms with Gasteiger partial charge >= 0.3 is 26.8 Å². The van der Waals surface area contributed by atoms with Crippen LogP contribution >= 0.6 is 0 Å². The highest BCUT2D eigenvalue weighted by molar-refractivity contribution is 7.95. The number of carbonyl (C=O) groups is 1. The highest BCUT2D eigenvalue weighted by atomic mass is 32.3. The molecular formula is CH2N2O8S2. The summed E-state index contributed by atoms with van der Waals surface area (Å²) in [5.41, 5.74) is 4.46. The van der Waals surface area contributed by atoms with Crippen LogP contribution in [0.2, 0.25) is 0 Å². The number of hydrogen-bond acceptors (Lipinski definition) is 8. The second kappa shape index (κ2) is 2.78. The van der Waals surface area contributed by atoms with Crippen molar-refractivity contribution >= 4 is 26.8 Å². The fourth-order valence-electron chi connectivity index (χ4n) is 0.379. The van der Waals surface area contributed by atoms with Gasteiger partial charge in [-0.05, 0) is 5.23 Å². The van der Waals surface area contributed by atoms with Crippen molar-refractivity contribution in [2.24, 2.45) is 5.73 Å². The van der Waals surface area contributed by atoms with Gasteiger partial charge in [0.1, 0.15) is 0 Å². The Balaban J connectivity index is 3.05. The molecule has 1 aliphatic heterocycles. The average molecular weight is 234 g/mol. The van der Waals surface area contributed by atoms with Gasteiger partial charge in [0.05, 0.1) is 0 Å². The first-order valence-electron chi connectivity index (χ1n) is 2.41.